The van der Waals surface area contributed by atoms with Gasteiger partial charge in [-0.3, -0.25) is 34.3 Å². The van der Waals surface area contributed by atoms with Crippen LogP contribution >= 0.6 is 0 Å². The number of amides is 5. The van der Waals surface area contributed by atoms with Gasteiger partial charge in [-0.25, -0.2) is 4.79 Å². The van der Waals surface area contributed by atoms with Crippen LogP contribution in [-0.2, 0) is 17.6 Å². The number of hydrogen-bond acceptors (Lipinski definition) is 9. The molecule has 2 saturated carbocycles. The topological polar surface area (TPSA) is 198 Å². The number of nitrogens with one attached hydrogen (secondary N) is 1. The van der Waals surface area contributed by atoms with Gasteiger partial charge in [0.15, 0.2) is 0 Å². The second-order valence-electron chi connectivity index (χ2n) is 21.1. The van der Waals surface area contributed by atoms with Gasteiger partial charge in [-0.15, -0.1) is 5.26 Å². The Morgan fingerprint density at radius 3 is 1.22 bits per heavy atom. The Labute approximate surface area is 505 Å². The van der Waals surface area contributed by atoms with Gasteiger partial charge in [-0.05, 0) is 137 Å². The first kappa shape index (κ1) is 70.5. The molecule has 0 atom stereocenters. The molecular formula is C66H94N4O9Sn2. The number of anilines is 1. The zero-order valence-corrected chi connectivity index (χ0v) is 55.3. The van der Waals surface area contributed by atoms with Gasteiger partial charge in [-0.1, -0.05) is 75.2 Å². The molecule has 0 spiro atoms. The standard InChI is InChI=1S/C25H28N2O4.C14H15NO3.C11H13NO.4C4H9.H2O.2Sn/c1-2-3-6-17-9-11-18(12-10-17)26-25(30)31-20-15-13-19(14-16-20)27-23(28)21-7-4-5-8-22(21)24(27)29;16-10-7-5-9(6-8-10)15-13(17)11-3-1-2-4-12(11)14(15)18;1-2-3-4-10-5-7-11(8-6-10)13-9-12;4*1-3-4-2;;;/h4-5,7-12,19-20H,2-3,6,13-16H2,1H3,(H,26,30);1-4,9-10,16H,5-8H2;5-8H,2-4H2,1H3;4*1,3-4H2,2H3;1H2;;. The van der Waals surface area contributed by atoms with Crippen LogP contribution in [0.25, 0.3) is 0 Å². The molecule has 0 unspecified atom stereocenters. The quantitative estimate of drug-likeness (QED) is 0.0314. The average Bonchev–Trinajstić information content (AvgIpc) is 3.93. The molecule has 4 aromatic carbocycles. The summed E-state index contributed by atoms with van der Waals surface area (Å²) in [6, 6.07) is 29.2. The minimum atomic E-state index is -0.467. The van der Waals surface area contributed by atoms with Crippen molar-refractivity contribution < 1.29 is 44.0 Å². The molecule has 4 aliphatic rings. The van der Waals surface area contributed by atoms with Crippen molar-refractivity contribution in [2.24, 2.45) is 0 Å². The van der Waals surface area contributed by atoms with Crippen LogP contribution in [0.4, 0.5) is 10.5 Å². The van der Waals surface area contributed by atoms with Gasteiger partial charge in [0.25, 0.3) is 29.9 Å². The van der Waals surface area contributed by atoms with Gasteiger partial charge >= 0.3 is 145 Å². The number of ether oxygens (including phenoxy) is 2. The first-order chi connectivity index (χ1) is 38.9. The number of hydrogen-bond donors (Lipinski definition) is 2. The van der Waals surface area contributed by atoms with E-state index < -0.39 is 6.09 Å². The summed E-state index contributed by atoms with van der Waals surface area (Å²) in [6.07, 6.45) is 24.5. The largest absolute Gasteiger partial charge is 0.412 e. The smallest absolute Gasteiger partial charge is 0.261 e. The maximum atomic E-state index is 12.7. The predicted molar refractivity (Wildman–Crippen MR) is 329 cm³/mol. The fraction of sp³-hybridized carbons (Fsp3) is 0.545. The van der Waals surface area contributed by atoms with Gasteiger partial charge in [0, 0.05) is 17.8 Å². The third-order valence-corrected chi connectivity index (χ3v) is 22.8. The third kappa shape index (κ3) is 24.5. The summed E-state index contributed by atoms with van der Waals surface area (Å²) in [7, 11) is 0. The van der Waals surface area contributed by atoms with Crippen LogP contribution in [0, 0.1) is 11.5 Å². The van der Waals surface area contributed by atoms with E-state index in [4.69, 9.17) is 10.00 Å². The molecule has 0 saturated heterocycles. The number of nitrogens with zero attached hydrogens (tertiary/aromatic N) is 3. The Morgan fingerprint density at radius 2 is 0.877 bits per heavy atom. The van der Waals surface area contributed by atoms with Crippen LogP contribution in [0.2, 0.25) is 17.7 Å². The number of aliphatic hydroxyl groups excluding tert-OH is 1. The van der Waals surface area contributed by atoms with E-state index in [1.54, 1.807) is 72.5 Å². The van der Waals surface area contributed by atoms with E-state index in [1.165, 1.54) is 85.1 Å². The SMILES string of the molecule is CCCCc1ccc(NC(=O)OC2CCC(N3C(=O)c4ccccc4C3=O)CC2)cc1.CCCCc1ccc(OC#N)cc1.CCC[CH2][Sn][CH2]CCC.CCC[CH2][Sn][CH2]CCC.O.O=C1c2ccccc2C(=O)N1C1CCC(O)CC1. The number of unbranched alkanes of at least 4 members (excludes halogenated alkanes) is 6. The molecule has 13 nitrogen and oxygen atoms in total. The molecule has 2 aliphatic carbocycles. The molecule has 4 radical (unpaired) electrons. The summed E-state index contributed by atoms with van der Waals surface area (Å²) in [5.41, 5.74) is 5.24. The fourth-order valence-electron chi connectivity index (χ4n) is 9.87. The maximum absolute atomic E-state index is 12.7. The Hall–Kier alpha value is -4.76. The molecule has 4 N–H and O–H groups in total. The summed E-state index contributed by atoms with van der Waals surface area (Å²) in [4.78, 5) is 64.8. The molecule has 5 amide bonds. The van der Waals surface area contributed by atoms with E-state index in [0.29, 0.717) is 85.1 Å². The van der Waals surface area contributed by atoms with Gasteiger partial charge in [0.2, 0.25) is 0 Å². The van der Waals surface area contributed by atoms with Gasteiger partial charge in [-0.2, -0.15) is 0 Å². The fourth-order valence-corrected chi connectivity index (χ4v) is 18.2. The van der Waals surface area contributed by atoms with E-state index in [0.717, 1.165) is 25.7 Å². The summed E-state index contributed by atoms with van der Waals surface area (Å²) in [6.45, 7) is 13.5. The van der Waals surface area contributed by atoms with Crippen molar-refractivity contribution in [1.29, 1.82) is 5.26 Å². The van der Waals surface area contributed by atoms with Crippen LogP contribution in [0.3, 0.4) is 0 Å². The van der Waals surface area contributed by atoms with Crippen molar-refractivity contribution in [3.63, 3.8) is 0 Å². The van der Waals surface area contributed by atoms with Crippen LogP contribution < -0.4 is 10.1 Å². The van der Waals surface area contributed by atoms with E-state index in [2.05, 4.69) is 51.6 Å². The van der Waals surface area contributed by atoms with Gasteiger partial charge < -0.3 is 20.1 Å². The molecule has 0 aromatic heterocycles. The monoisotopic (exact) mass is 1330 g/mol. The second-order valence-corrected chi connectivity index (χ2v) is 29.7. The molecule has 4 aromatic rings. The van der Waals surface area contributed by atoms with E-state index in [9.17, 15) is 29.1 Å². The average molecular weight is 1320 g/mol. The number of aryl methyl sites for hydroxylation is 2. The minimum Gasteiger partial charge on any atom is -0.412 e. The summed E-state index contributed by atoms with van der Waals surface area (Å²) >= 11 is 0.299. The molecule has 0 bridgehead atoms. The van der Waals surface area contributed by atoms with Crippen molar-refractivity contribution in [1.82, 2.24) is 9.80 Å². The van der Waals surface area contributed by atoms with E-state index >= 15 is 0 Å². The molecule has 440 valence electrons. The number of nitriles is 1. The summed E-state index contributed by atoms with van der Waals surface area (Å²) in [5, 5.41) is 20.5. The van der Waals surface area contributed by atoms with Crippen molar-refractivity contribution in [3.05, 3.63) is 130 Å². The molecule has 8 rings (SSSR count). The minimum absolute atomic E-state index is 0. The number of carbonyl (C=O) groups excluding carboxylic acids is 5. The Balaban J connectivity index is 0.000000293. The van der Waals surface area contributed by atoms with E-state index in [-0.39, 0.29) is 95.7 Å². The van der Waals surface area contributed by atoms with Gasteiger partial charge in [0.1, 0.15) is 11.9 Å². The van der Waals surface area contributed by atoms with Crippen LogP contribution in [-0.4, -0.2) is 117 Å². The maximum Gasteiger partial charge on any atom is 0.261 e. The first-order valence-electron chi connectivity index (χ1n) is 30.2. The molecule has 2 heterocycles. The third-order valence-electron chi connectivity index (χ3n) is 14.7. The molecule has 15 heteroatoms. The number of carbonyl (C=O) groups is 5. The Morgan fingerprint density at radius 1 is 0.531 bits per heavy atom. The first-order valence-corrected chi connectivity index (χ1v) is 38.3. The zero-order valence-electron chi connectivity index (χ0n) is 49.6. The van der Waals surface area contributed by atoms with Crippen molar-refractivity contribution in [2.75, 3.05) is 5.32 Å². The van der Waals surface area contributed by atoms with Crippen LogP contribution in [0.1, 0.15) is 223 Å². The molecular weight excluding hydrogens is 1230 g/mol. The predicted octanol–water partition coefficient (Wildman–Crippen LogP) is 15.1. The zero-order chi connectivity index (χ0) is 57.9. The number of rotatable bonds is 23. The van der Waals surface area contributed by atoms with Crippen molar-refractivity contribution in [2.45, 2.75) is 225 Å². The number of imide groups is 2. The molecule has 2 aliphatic heterocycles. The van der Waals surface area contributed by atoms with E-state index in [1.807, 2.05) is 48.5 Å². The van der Waals surface area contributed by atoms with Crippen molar-refractivity contribution >= 4 is 77.7 Å². The normalized spacial score (nSPS) is 17.7. The molecule has 81 heavy (non-hydrogen) atoms. The number of benzene rings is 4. The van der Waals surface area contributed by atoms with Gasteiger partial charge in [0.05, 0.1) is 28.4 Å². The van der Waals surface area contributed by atoms with Crippen LogP contribution in [0.15, 0.2) is 97.1 Å². The van der Waals surface area contributed by atoms with Crippen LogP contribution in [0.5, 0.6) is 5.75 Å². The van der Waals surface area contributed by atoms with Crippen molar-refractivity contribution in [3.8, 4) is 12.0 Å². The second kappa shape index (κ2) is 41.3. The number of fused-ring (bicyclic) bond motifs is 2. The Kier molecular flexibility index (Phi) is 35.9. The number of aliphatic hydroxyl groups is 1. The Bertz CT molecular complexity index is 2390. The summed E-state index contributed by atoms with van der Waals surface area (Å²) < 4.78 is 16.7. The summed E-state index contributed by atoms with van der Waals surface area (Å²) in [5.74, 6) is -0.188. The molecule has 2 fully saturated rings.